The van der Waals surface area contributed by atoms with E-state index in [1.54, 1.807) is 6.92 Å². The van der Waals surface area contributed by atoms with Crippen LogP contribution >= 0.6 is 0 Å². The SMILES string of the molecule is C=CCN(CC(=O)OCC)C(=O)C1CCC(=O)N1. The zero-order valence-electron chi connectivity index (χ0n) is 10.5. The van der Waals surface area contributed by atoms with Crippen molar-refractivity contribution in [2.24, 2.45) is 0 Å². The van der Waals surface area contributed by atoms with Crippen LogP contribution in [0, 0.1) is 0 Å². The van der Waals surface area contributed by atoms with Gasteiger partial charge in [0.2, 0.25) is 11.8 Å². The first kappa shape index (κ1) is 14.2. The van der Waals surface area contributed by atoms with Crippen molar-refractivity contribution in [1.82, 2.24) is 10.2 Å². The molecule has 1 saturated heterocycles. The van der Waals surface area contributed by atoms with E-state index in [0.717, 1.165) is 0 Å². The molecule has 0 spiro atoms. The Morgan fingerprint density at radius 1 is 1.61 bits per heavy atom. The summed E-state index contributed by atoms with van der Waals surface area (Å²) in [6.45, 7) is 5.65. The van der Waals surface area contributed by atoms with E-state index < -0.39 is 12.0 Å². The van der Waals surface area contributed by atoms with Crippen molar-refractivity contribution < 1.29 is 19.1 Å². The van der Waals surface area contributed by atoms with E-state index in [0.29, 0.717) is 12.8 Å². The minimum atomic E-state index is -0.535. The maximum atomic E-state index is 12.1. The molecular weight excluding hydrogens is 236 g/mol. The molecule has 0 bridgehead atoms. The molecule has 6 heteroatoms. The lowest BCUT2D eigenvalue weighted by Crippen LogP contribution is -2.46. The minimum Gasteiger partial charge on any atom is -0.465 e. The van der Waals surface area contributed by atoms with Gasteiger partial charge in [0.25, 0.3) is 0 Å². The molecule has 6 nitrogen and oxygen atoms in total. The third kappa shape index (κ3) is 3.87. The molecular formula is C12H18N2O4. The number of nitrogens with zero attached hydrogens (tertiary/aromatic N) is 1. The molecule has 1 unspecified atom stereocenters. The highest BCUT2D eigenvalue weighted by molar-refractivity contribution is 5.92. The third-order valence-corrected chi connectivity index (χ3v) is 2.58. The first-order valence-electron chi connectivity index (χ1n) is 5.93. The zero-order valence-corrected chi connectivity index (χ0v) is 10.5. The average molecular weight is 254 g/mol. The molecule has 1 N–H and O–H groups in total. The molecule has 0 saturated carbocycles. The van der Waals surface area contributed by atoms with Crippen LogP contribution in [0.1, 0.15) is 19.8 Å². The van der Waals surface area contributed by atoms with Gasteiger partial charge in [-0.05, 0) is 13.3 Å². The molecule has 2 amide bonds. The van der Waals surface area contributed by atoms with E-state index in [1.807, 2.05) is 0 Å². The molecule has 100 valence electrons. The highest BCUT2D eigenvalue weighted by atomic mass is 16.5. The topological polar surface area (TPSA) is 75.7 Å². The van der Waals surface area contributed by atoms with Crippen LogP contribution in [0.25, 0.3) is 0 Å². The smallest absolute Gasteiger partial charge is 0.325 e. The fourth-order valence-corrected chi connectivity index (χ4v) is 1.77. The summed E-state index contributed by atoms with van der Waals surface area (Å²) in [5, 5.41) is 2.58. The summed E-state index contributed by atoms with van der Waals surface area (Å²) in [5.74, 6) is -0.867. The maximum Gasteiger partial charge on any atom is 0.325 e. The molecule has 18 heavy (non-hydrogen) atoms. The standard InChI is InChI=1S/C12H18N2O4/c1-3-7-14(8-11(16)18-4-2)12(17)9-5-6-10(15)13-9/h3,9H,1,4-8H2,2H3,(H,13,15). The number of ether oxygens (including phenoxy) is 1. The summed E-state index contributed by atoms with van der Waals surface area (Å²) in [6, 6.07) is -0.535. The lowest BCUT2D eigenvalue weighted by molar-refractivity contribution is -0.149. The predicted molar refractivity (Wildman–Crippen MR) is 64.6 cm³/mol. The summed E-state index contributed by atoms with van der Waals surface area (Å²) in [5.41, 5.74) is 0. The first-order chi connectivity index (χ1) is 8.58. The highest BCUT2D eigenvalue weighted by Gasteiger charge is 2.31. The Morgan fingerprint density at radius 2 is 2.33 bits per heavy atom. The van der Waals surface area contributed by atoms with E-state index >= 15 is 0 Å². The molecule has 0 aliphatic carbocycles. The Kier molecular flexibility index (Phi) is 5.35. The molecule has 1 fully saturated rings. The van der Waals surface area contributed by atoms with Crippen molar-refractivity contribution in [2.45, 2.75) is 25.8 Å². The van der Waals surface area contributed by atoms with Gasteiger partial charge >= 0.3 is 5.97 Å². The van der Waals surface area contributed by atoms with Crippen molar-refractivity contribution >= 4 is 17.8 Å². The van der Waals surface area contributed by atoms with E-state index in [1.165, 1.54) is 11.0 Å². The number of carbonyl (C=O) groups is 3. The van der Waals surface area contributed by atoms with Crippen LogP contribution in [-0.4, -0.2) is 48.4 Å². The third-order valence-electron chi connectivity index (χ3n) is 2.58. The van der Waals surface area contributed by atoms with Crippen LogP contribution in [0.3, 0.4) is 0 Å². The van der Waals surface area contributed by atoms with Crippen LogP contribution in [0.15, 0.2) is 12.7 Å². The van der Waals surface area contributed by atoms with Gasteiger partial charge in [-0.2, -0.15) is 0 Å². The summed E-state index contributed by atoms with van der Waals surface area (Å²) in [7, 11) is 0. The molecule has 0 aromatic heterocycles. The van der Waals surface area contributed by atoms with Crippen molar-refractivity contribution in [3.05, 3.63) is 12.7 Å². The summed E-state index contributed by atoms with van der Waals surface area (Å²) in [6.07, 6.45) is 2.35. The summed E-state index contributed by atoms with van der Waals surface area (Å²) in [4.78, 5) is 35.9. The van der Waals surface area contributed by atoms with Gasteiger partial charge in [-0.1, -0.05) is 6.08 Å². The highest BCUT2D eigenvalue weighted by Crippen LogP contribution is 2.10. The van der Waals surface area contributed by atoms with E-state index in [-0.39, 0.29) is 31.5 Å². The second-order valence-electron chi connectivity index (χ2n) is 3.97. The Morgan fingerprint density at radius 3 is 2.83 bits per heavy atom. The van der Waals surface area contributed by atoms with Crippen LogP contribution in [0.4, 0.5) is 0 Å². The van der Waals surface area contributed by atoms with Gasteiger partial charge in [-0.15, -0.1) is 6.58 Å². The molecule has 1 aliphatic heterocycles. The molecule has 1 aliphatic rings. The van der Waals surface area contributed by atoms with Crippen LogP contribution in [-0.2, 0) is 19.1 Å². The fourth-order valence-electron chi connectivity index (χ4n) is 1.77. The van der Waals surface area contributed by atoms with E-state index in [2.05, 4.69) is 11.9 Å². The van der Waals surface area contributed by atoms with Crippen LogP contribution in [0.5, 0.6) is 0 Å². The second kappa shape index (κ2) is 6.78. The Labute approximate surface area is 106 Å². The van der Waals surface area contributed by atoms with Crippen molar-refractivity contribution in [1.29, 1.82) is 0 Å². The predicted octanol–water partition coefficient (Wildman–Crippen LogP) is -0.157. The van der Waals surface area contributed by atoms with Gasteiger partial charge in [-0.3, -0.25) is 14.4 Å². The van der Waals surface area contributed by atoms with E-state index in [4.69, 9.17) is 4.74 Å². The largest absolute Gasteiger partial charge is 0.465 e. The summed E-state index contributed by atoms with van der Waals surface area (Å²) < 4.78 is 4.80. The number of nitrogens with one attached hydrogen (secondary N) is 1. The molecule has 1 rings (SSSR count). The van der Waals surface area contributed by atoms with Crippen molar-refractivity contribution in [2.75, 3.05) is 19.7 Å². The number of rotatable bonds is 6. The lowest BCUT2D eigenvalue weighted by atomic mass is 10.2. The van der Waals surface area contributed by atoms with Crippen molar-refractivity contribution in [3.8, 4) is 0 Å². The fraction of sp³-hybridized carbons (Fsp3) is 0.583. The zero-order chi connectivity index (χ0) is 13.5. The van der Waals surface area contributed by atoms with Crippen LogP contribution < -0.4 is 5.32 Å². The number of hydrogen-bond acceptors (Lipinski definition) is 4. The molecule has 1 atom stereocenters. The Balaban J connectivity index is 2.59. The molecule has 0 aromatic rings. The summed E-state index contributed by atoms with van der Waals surface area (Å²) >= 11 is 0. The van der Waals surface area contributed by atoms with E-state index in [9.17, 15) is 14.4 Å². The van der Waals surface area contributed by atoms with Gasteiger partial charge in [0.15, 0.2) is 0 Å². The van der Waals surface area contributed by atoms with Gasteiger partial charge < -0.3 is 15.0 Å². The monoisotopic (exact) mass is 254 g/mol. The normalized spacial score (nSPS) is 18.1. The number of hydrogen-bond donors (Lipinski definition) is 1. The molecule has 0 radical (unpaired) electrons. The average Bonchev–Trinajstić information content (AvgIpc) is 2.75. The Bertz CT molecular complexity index is 354. The van der Waals surface area contributed by atoms with Gasteiger partial charge in [0.05, 0.1) is 6.61 Å². The van der Waals surface area contributed by atoms with Gasteiger partial charge in [0, 0.05) is 13.0 Å². The van der Waals surface area contributed by atoms with Gasteiger partial charge in [0.1, 0.15) is 12.6 Å². The minimum absolute atomic E-state index is 0.120. The molecule has 1 heterocycles. The lowest BCUT2D eigenvalue weighted by Gasteiger charge is -2.23. The maximum absolute atomic E-state index is 12.1. The van der Waals surface area contributed by atoms with Crippen molar-refractivity contribution in [3.63, 3.8) is 0 Å². The number of carbonyl (C=O) groups excluding carboxylic acids is 3. The molecule has 0 aromatic carbocycles. The number of esters is 1. The van der Waals surface area contributed by atoms with Crippen LogP contribution in [0.2, 0.25) is 0 Å². The second-order valence-corrected chi connectivity index (χ2v) is 3.97. The first-order valence-corrected chi connectivity index (χ1v) is 5.93. The van der Waals surface area contributed by atoms with Gasteiger partial charge in [-0.25, -0.2) is 0 Å². The Hall–Kier alpha value is -1.85. The quantitative estimate of drug-likeness (QED) is 0.528. The number of amides is 2.